The highest BCUT2D eigenvalue weighted by Crippen LogP contribution is 2.23. The van der Waals surface area contributed by atoms with Gasteiger partial charge in [-0.3, -0.25) is 0 Å². The summed E-state index contributed by atoms with van der Waals surface area (Å²) in [5, 5.41) is 0. The van der Waals surface area contributed by atoms with Gasteiger partial charge in [-0.2, -0.15) is 0 Å². The third-order valence-electron chi connectivity index (χ3n) is 2.65. The van der Waals surface area contributed by atoms with Gasteiger partial charge in [0.15, 0.2) is 0 Å². The summed E-state index contributed by atoms with van der Waals surface area (Å²) in [7, 11) is 0. The standard InChI is InChI=1S/C15H17NO/c1-12(16)14-9-5-6-10-15(14)17-11-13-7-3-2-4-8-13/h2-10,12H,11,16H2,1H3. The zero-order valence-corrected chi connectivity index (χ0v) is 9.97. The molecule has 2 N–H and O–H groups in total. The first kappa shape index (κ1) is 11.7. The Labute approximate surface area is 102 Å². The van der Waals surface area contributed by atoms with Crippen LogP contribution in [-0.4, -0.2) is 0 Å². The number of benzene rings is 2. The number of hydrogen-bond acceptors (Lipinski definition) is 2. The second-order valence-corrected chi connectivity index (χ2v) is 4.10. The maximum Gasteiger partial charge on any atom is 0.124 e. The Morgan fingerprint density at radius 1 is 1.00 bits per heavy atom. The van der Waals surface area contributed by atoms with Crippen LogP contribution in [0.4, 0.5) is 0 Å². The van der Waals surface area contributed by atoms with Gasteiger partial charge in [0.25, 0.3) is 0 Å². The minimum absolute atomic E-state index is 0.0121. The van der Waals surface area contributed by atoms with E-state index in [-0.39, 0.29) is 6.04 Å². The molecular weight excluding hydrogens is 210 g/mol. The van der Waals surface area contributed by atoms with E-state index >= 15 is 0 Å². The van der Waals surface area contributed by atoms with E-state index in [1.807, 2.05) is 49.4 Å². The molecule has 0 fully saturated rings. The summed E-state index contributed by atoms with van der Waals surface area (Å²) in [4.78, 5) is 0. The Morgan fingerprint density at radius 3 is 2.35 bits per heavy atom. The lowest BCUT2D eigenvalue weighted by Gasteiger charge is -2.13. The summed E-state index contributed by atoms with van der Waals surface area (Å²) >= 11 is 0. The highest BCUT2D eigenvalue weighted by Gasteiger charge is 2.06. The van der Waals surface area contributed by atoms with E-state index in [1.54, 1.807) is 0 Å². The van der Waals surface area contributed by atoms with Gasteiger partial charge in [0.05, 0.1) is 0 Å². The molecule has 0 radical (unpaired) electrons. The van der Waals surface area contributed by atoms with Gasteiger partial charge >= 0.3 is 0 Å². The maximum atomic E-state index is 5.90. The van der Waals surface area contributed by atoms with Crippen molar-refractivity contribution in [1.29, 1.82) is 0 Å². The molecular formula is C15H17NO. The smallest absolute Gasteiger partial charge is 0.124 e. The molecule has 0 heterocycles. The largest absolute Gasteiger partial charge is 0.489 e. The Morgan fingerprint density at radius 2 is 1.65 bits per heavy atom. The van der Waals surface area contributed by atoms with Gasteiger partial charge in [-0.25, -0.2) is 0 Å². The first-order valence-electron chi connectivity index (χ1n) is 5.78. The molecule has 17 heavy (non-hydrogen) atoms. The molecule has 0 aromatic heterocycles. The number of rotatable bonds is 4. The molecule has 1 atom stereocenters. The molecule has 2 rings (SSSR count). The molecule has 0 spiro atoms. The highest BCUT2D eigenvalue weighted by molar-refractivity contribution is 5.35. The summed E-state index contributed by atoms with van der Waals surface area (Å²) in [5.74, 6) is 0.867. The van der Waals surface area contributed by atoms with Crippen molar-refractivity contribution in [3.63, 3.8) is 0 Å². The average Bonchev–Trinajstić information content (AvgIpc) is 2.38. The van der Waals surface area contributed by atoms with Gasteiger partial charge in [-0.1, -0.05) is 48.5 Å². The number of nitrogens with two attached hydrogens (primary N) is 1. The van der Waals surface area contributed by atoms with E-state index in [1.165, 1.54) is 0 Å². The van der Waals surface area contributed by atoms with E-state index in [2.05, 4.69) is 12.1 Å². The van der Waals surface area contributed by atoms with Crippen LogP contribution in [0.3, 0.4) is 0 Å². The molecule has 2 aromatic carbocycles. The molecule has 0 aliphatic heterocycles. The summed E-state index contributed by atoms with van der Waals surface area (Å²) < 4.78 is 5.80. The summed E-state index contributed by atoms with van der Waals surface area (Å²) in [6.07, 6.45) is 0. The van der Waals surface area contributed by atoms with Crippen LogP contribution in [0.2, 0.25) is 0 Å². The van der Waals surface area contributed by atoms with E-state index < -0.39 is 0 Å². The molecule has 0 aliphatic rings. The second kappa shape index (κ2) is 5.51. The second-order valence-electron chi connectivity index (χ2n) is 4.10. The first-order chi connectivity index (χ1) is 8.27. The average molecular weight is 227 g/mol. The molecule has 2 heteroatoms. The predicted molar refractivity (Wildman–Crippen MR) is 69.8 cm³/mol. The van der Waals surface area contributed by atoms with E-state index in [0.717, 1.165) is 16.9 Å². The van der Waals surface area contributed by atoms with Crippen molar-refractivity contribution in [2.75, 3.05) is 0 Å². The lowest BCUT2D eigenvalue weighted by atomic mass is 10.1. The van der Waals surface area contributed by atoms with Gasteiger partial charge in [-0.05, 0) is 18.6 Å². The van der Waals surface area contributed by atoms with Crippen molar-refractivity contribution in [3.8, 4) is 5.75 Å². The third-order valence-corrected chi connectivity index (χ3v) is 2.65. The number of para-hydroxylation sites is 1. The number of hydrogen-bond donors (Lipinski definition) is 1. The lowest BCUT2D eigenvalue weighted by Crippen LogP contribution is -2.07. The van der Waals surface area contributed by atoms with Crippen molar-refractivity contribution in [1.82, 2.24) is 0 Å². The molecule has 0 saturated carbocycles. The van der Waals surface area contributed by atoms with Gasteiger partial charge < -0.3 is 10.5 Å². The summed E-state index contributed by atoms with van der Waals surface area (Å²) in [6.45, 7) is 2.54. The molecule has 2 nitrogen and oxygen atoms in total. The Bertz CT molecular complexity index is 465. The number of ether oxygens (including phenoxy) is 1. The molecule has 0 amide bonds. The van der Waals surface area contributed by atoms with Gasteiger partial charge in [0, 0.05) is 11.6 Å². The minimum Gasteiger partial charge on any atom is -0.489 e. The minimum atomic E-state index is -0.0121. The van der Waals surface area contributed by atoms with Crippen LogP contribution in [0.1, 0.15) is 24.1 Å². The third kappa shape index (κ3) is 3.08. The SMILES string of the molecule is CC(N)c1ccccc1OCc1ccccc1. The van der Waals surface area contributed by atoms with Crippen molar-refractivity contribution >= 4 is 0 Å². The monoisotopic (exact) mass is 227 g/mol. The van der Waals surface area contributed by atoms with Crippen LogP contribution in [0.5, 0.6) is 5.75 Å². The van der Waals surface area contributed by atoms with Crippen molar-refractivity contribution in [2.24, 2.45) is 5.73 Å². The van der Waals surface area contributed by atoms with Crippen LogP contribution in [0, 0.1) is 0 Å². The normalized spacial score (nSPS) is 12.1. The molecule has 0 saturated heterocycles. The van der Waals surface area contributed by atoms with Gasteiger partial charge in [0.2, 0.25) is 0 Å². The van der Waals surface area contributed by atoms with Gasteiger partial charge in [0.1, 0.15) is 12.4 Å². The zero-order chi connectivity index (χ0) is 12.1. The molecule has 2 aromatic rings. The fourth-order valence-electron chi connectivity index (χ4n) is 1.72. The lowest BCUT2D eigenvalue weighted by molar-refractivity contribution is 0.301. The molecule has 0 bridgehead atoms. The summed E-state index contributed by atoms with van der Waals surface area (Å²) in [6, 6.07) is 18.0. The first-order valence-corrected chi connectivity index (χ1v) is 5.78. The molecule has 88 valence electrons. The Kier molecular flexibility index (Phi) is 3.78. The van der Waals surface area contributed by atoms with Crippen LogP contribution >= 0.6 is 0 Å². The summed E-state index contributed by atoms with van der Waals surface area (Å²) in [5.41, 5.74) is 8.11. The van der Waals surface area contributed by atoms with Crippen molar-refractivity contribution < 1.29 is 4.74 Å². The van der Waals surface area contributed by atoms with Crippen LogP contribution in [-0.2, 0) is 6.61 Å². The Hall–Kier alpha value is -1.80. The molecule has 1 unspecified atom stereocenters. The molecule has 0 aliphatic carbocycles. The maximum absolute atomic E-state index is 5.90. The topological polar surface area (TPSA) is 35.2 Å². The highest BCUT2D eigenvalue weighted by atomic mass is 16.5. The van der Waals surface area contributed by atoms with Gasteiger partial charge in [-0.15, -0.1) is 0 Å². The van der Waals surface area contributed by atoms with Crippen LogP contribution in [0.15, 0.2) is 54.6 Å². The predicted octanol–water partition coefficient (Wildman–Crippen LogP) is 3.29. The Balaban J connectivity index is 2.09. The quantitative estimate of drug-likeness (QED) is 0.870. The van der Waals surface area contributed by atoms with Crippen molar-refractivity contribution in [2.45, 2.75) is 19.6 Å². The van der Waals surface area contributed by atoms with Crippen molar-refractivity contribution in [3.05, 3.63) is 65.7 Å². The zero-order valence-electron chi connectivity index (χ0n) is 9.97. The fourth-order valence-corrected chi connectivity index (χ4v) is 1.72. The van der Waals surface area contributed by atoms with E-state index in [4.69, 9.17) is 10.5 Å². The van der Waals surface area contributed by atoms with Crippen LogP contribution < -0.4 is 10.5 Å². The van der Waals surface area contributed by atoms with Crippen LogP contribution in [0.25, 0.3) is 0 Å². The fraction of sp³-hybridized carbons (Fsp3) is 0.200. The van der Waals surface area contributed by atoms with E-state index in [9.17, 15) is 0 Å². The van der Waals surface area contributed by atoms with E-state index in [0.29, 0.717) is 6.61 Å².